The minimum Gasteiger partial charge on any atom is -0.356 e. The maximum Gasteiger partial charge on any atom is 0.225 e. The fraction of sp³-hybridized carbons (Fsp3) is 0.467. The normalized spacial score (nSPS) is 22.8. The molecule has 2 amide bonds. The number of amides is 2. The van der Waals surface area contributed by atoms with Gasteiger partial charge in [0.25, 0.3) is 0 Å². The highest BCUT2D eigenvalue weighted by molar-refractivity contribution is 5.84. The molecule has 1 saturated heterocycles. The van der Waals surface area contributed by atoms with E-state index in [0.717, 1.165) is 0 Å². The molecule has 2 atom stereocenters. The quantitative estimate of drug-likeness (QED) is 0.917. The maximum atomic E-state index is 14.0. The van der Waals surface area contributed by atoms with Crippen molar-refractivity contribution in [2.24, 2.45) is 5.92 Å². The van der Waals surface area contributed by atoms with Gasteiger partial charge in [-0.2, -0.15) is 0 Å². The van der Waals surface area contributed by atoms with E-state index in [2.05, 4.69) is 5.32 Å². The molecule has 1 aliphatic rings. The van der Waals surface area contributed by atoms with Crippen molar-refractivity contribution < 1.29 is 14.0 Å². The summed E-state index contributed by atoms with van der Waals surface area (Å²) in [6.07, 6.45) is 0.775. The van der Waals surface area contributed by atoms with E-state index < -0.39 is 12.0 Å². The summed E-state index contributed by atoms with van der Waals surface area (Å²) in [5, 5.41) is 2.77. The summed E-state index contributed by atoms with van der Waals surface area (Å²) >= 11 is 0. The lowest BCUT2D eigenvalue weighted by Crippen LogP contribution is -2.46. The largest absolute Gasteiger partial charge is 0.356 e. The van der Waals surface area contributed by atoms with E-state index >= 15 is 0 Å². The van der Waals surface area contributed by atoms with Gasteiger partial charge in [-0.25, -0.2) is 4.39 Å². The first-order valence-corrected chi connectivity index (χ1v) is 6.84. The average molecular weight is 278 g/mol. The number of likely N-dealkylation sites (tertiary alicyclic amines) is 1. The molecule has 1 aromatic carbocycles. The van der Waals surface area contributed by atoms with Gasteiger partial charge in [-0.05, 0) is 19.4 Å². The van der Waals surface area contributed by atoms with Crippen LogP contribution < -0.4 is 5.32 Å². The van der Waals surface area contributed by atoms with Gasteiger partial charge in [-0.15, -0.1) is 0 Å². The van der Waals surface area contributed by atoms with Gasteiger partial charge in [-0.3, -0.25) is 9.59 Å². The highest BCUT2D eigenvalue weighted by Gasteiger charge is 2.39. The topological polar surface area (TPSA) is 49.4 Å². The van der Waals surface area contributed by atoms with Crippen LogP contribution in [0.4, 0.5) is 4.39 Å². The van der Waals surface area contributed by atoms with Gasteiger partial charge in [0.05, 0.1) is 12.0 Å². The van der Waals surface area contributed by atoms with Crippen LogP contribution in [-0.4, -0.2) is 30.3 Å². The third-order valence-corrected chi connectivity index (χ3v) is 3.77. The number of hydrogen-bond donors (Lipinski definition) is 1. The minimum atomic E-state index is -0.538. The second kappa shape index (κ2) is 6.03. The molecule has 0 radical (unpaired) electrons. The van der Waals surface area contributed by atoms with E-state index in [1.165, 1.54) is 11.0 Å². The predicted molar refractivity (Wildman–Crippen MR) is 73.3 cm³/mol. The molecule has 1 aromatic rings. The molecule has 0 spiro atoms. The molecule has 0 saturated carbocycles. The van der Waals surface area contributed by atoms with E-state index in [-0.39, 0.29) is 17.6 Å². The molecular formula is C15H19FN2O2. The lowest BCUT2D eigenvalue weighted by molar-refractivity contribution is -0.141. The van der Waals surface area contributed by atoms with Crippen LogP contribution in [0.5, 0.6) is 0 Å². The van der Waals surface area contributed by atoms with Crippen molar-refractivity contribution in [2.45, 2.75) is 25.8 Å². The summed E-state index contributed by atoms with van der Waals surface area (Å²) in [6, 6.07) is 5.78. The third-order valence-electron chi connectivity index (χ3n) is 3.77. The number of hydrogen-bond acceptors (Lipinski definition) is 2. The molecule has 108 valence electrons. The molecule has 0 bridgehead atoms. The van der Waals surface area contributed by atoms with Gasteiger partial charge >= 0.3 is 0 Å². The van der Waals surface area contributed by atoms with Gasteiger partial charge in [0.15, 0.2) is 0 Å². The Morgan fingerprint density at radius 2 is 2.15 bits per heavy atom. The molecule has 0 aliphatic carbocycles. The van der Waals surface area contributed by atoms with Crippen molar-refractivity contribution in [3.8, 4) is 0 Å². The van der Waals surface area contributed by atoms with Crippen molar-refractivity contribution in [2.75, 3.05) is 13.6 Å². The summed E-state index contributed by atoms with van der Waals surface area (Å²) in [6.45, 7) is 2.37. The van der Waals surface area contributed by atoms with Crippen molar-refractivity contribution in [1.29, 1.82) is 0 Å². The molecule has 1 N–H and O–H groups in total. The average Bonchev–Trinajstić information content (AvgIpc) is 2.43. The smallest absolute Gasteiger partial charge is 0.225 e. The molecule has 2 rings (SSSR count). The Labute approximate surface area is 118 Å². The van der Waals surface area contributed by atoms with Crippen LogP contribution >= 0.6 is 0 Å². The number of benzene rings is 1. The molecule has 2 unspecified atom stereocenters. The summed E-state index contributed by atoms with van der Waals surface area (Å²) in [4.78, 5) is 25.5. The molecular weight excluding hydrogens is 259 g/mol. The Balaban J connectivity index is 2.38. The maximum absolute atomic E-state index is 14.0. The molecule has 5 heteroatoms. The molecule has 20 heavy (non-hydrogen) atoms. The number of piperidine rings is 1. The lowest BCUT2D eigenvalue weighted by Gasteiger charge is -2.38. The first kappa shape index (κ1) is 14.5. The second-order valence-corrected chi connectivity index (χ2v) is 5.01. The van der Waals surface area contributed by atoms with Crippen LogP contribution in [0, 0.1) is 11.7 Å². The standard InChI is InChI=1S/C15H19FN2O2/c1-3-17-15(20)11-8-9-13(19)18(2)14(11)10-6-4-5-7-12(10)16/h4-7,11,14H,3,8-9H2,1-2H3,(H,17,20). The number of rotatable bonds is 3. The number of halogens is 1. The third kappa shape index (κ3) is 2.66. The van der Waals surface area contributed by atoms with Crippen LogP contribution in [0.1, 0.15) is 31.4 Å². The van der Waals surface area contributed by atoms with Gasteiger partial charge in [0.2, 0.25) is 11.8 Å². The van der Waals surface area contributed by atoms with Gasteiger partial charge in [0, 0.05) is 25.6 Å². The first-order valence-electron chi connectivity index (χ1n) is 6.84. The Kier molecular flexibility index (Phi) is 4.37. The van der Waals surface area contributed by atoms with Gasteiger partial charge in [-0.1, -0.05) is 18.2 Å². The highest BCUT2D eigenvalue weighted by Crippen LogP contribution is 2.36. The van der Waals surface area contributed by atoms with E-state index in [9.17, 15) is 14.0 Å². The van der Waals surface area contributed by atoms with Crippen LogP contribution in [-0.2, 0) is 9.59 Å². The fourth-order valence-electron chi connectivity index (χ4n) is 2.76. The molecule has 1 heterocycles. The monoisotopic (exact) mass is 278 g/mol. The molecule has 4 nitrogen and oxygen atoms in total. The van der Waals surface area contributed by atoms with Crippen LogP contribution in [0.2, 0.25) is 0 Å². The summed E-state index contributed by atoms with van der Waals surface area (Å²) in [5.74, 6) is -0.971. The number of nitrogens with one attached hydrogen (secondary N) is 1. The summed E-state index contributed by atoms with van der Waals surface area (Å²) < 4.78 is 14.0. The van der Waals surface area contributed by atoms with Crippen molar-refractivity contribution in [3.05, 3.63) is 35.6 Å². The van der Waals surface area contributed by atoms with E-state index in [1.54, 1.807) is 25.2 Å². The Bertz CT molecular complexity index is 518. The molecule has 1 fully saturated rings. The Hall–Kier alpha value is -1.91. The zero-order valence-corrected chi connectivity index (χ0v) is 11.7. The summed E-state index contributed by atoms with van der Waals surface area (Å²) in [5.41, 5.74) is 0.402. The van der Waals surface area contributed by atoms with E-state index in [1.807, 2.05) is 6.92 Å². The van der Waals surface area contributed by atoms with Gasteiger partial charge < -0.3 is 10.2 Å². The fourth-order valence-corrected chi connectivity index (χ4v) is 2.76. The van der Waals surface area contributed by atoms with Crippen LogP contribution in [0.3, 0.4) is 0 Å². The van der Waals surface area contributed by atoms with E-state index in [4.69, 9.17) is 0 Å². The Morgan fingerprint density at radius 1 is 1.45 bits per heavy atom. The van der Waals surface area contributed by atoms with Crippen molar-refractivity contribution >= 4 is 11.8 Å². The second-order valence-electron chi connectivity index (χ2n) is 5.01. The van der Waals surface area contributed by atoms with Crippen molar-refractivity contribution in [3.63, 3.8) is 0 Å². The Morgan fingerprint density at radius 3 is 2.80 bits per heavy atom. The zero-order chi connectivity index (χ0) is 14.7. The predicted octanol–water partition coefficient (Wildman–Crippen LogP) is 1.87. The SMILES string of the molecule is CCNC(=O)C1CCC(=O)N(C)C1c1ccccc1F. The number of carbonyl (C=O) groups excluding carboxylic acids is 2. The van der Waals surface area contributed by atoms with Crippen molar-refractivity contribution in [1.82, 2.24) is 10.2 Å². The van der Waals surface area contributed by atoms with Crippen LogP contribution in [0.15, 0.2) is 24.3 Å². The van der Waals surface area contributed by atoms with Crippen LogP contribution in [0.25, 0.3) is 0 Å². The first-order chi connectivity index (χ1) is 9.56. The van der Waals surface area contributed by atoms with E-state index in [0.29, 0.717) is 24.9 Å². The lowest BCUT2D eigenvalue weighted by atomic mass is 9.83. The summed E-state index contributed by atoms with van der Waals surface area (Å²) in [7, 11) is 1.63. The molecule has 0 aromatic heterocycles. The van der Waals surface area contributed by atoms with Gasteiger partial charge in [0.1, 0.15) is 5.82 Å². The number of carbonyl (C=O) groups is 2. The zero-order valence-electron chi connectivity index (χ0n) is 11.7. The molecule has 1 aliphatic heterocycles. The number of nitrogens with zero attached hydrogens (tertiary/aromatic N) is 1. The minimum absolute atomic E-state index is 0.0567. The highest BCUT2D eigenvalue weighted by atomic mass is 19.1.